The molecule has 1 aliphatic heterocycles. The van der Waals surface area contributed by atoms with Gasteiger partial charge in [-0.15, -0.1) is 11.8 Å². The minimum atomic E-state index is 0.404. The summed E-state index contributed by atoms with van der Waals surface area (Å²) in [7, 11) is 0. The molecule has 4 nitrogen and oxygen atoms in total. The largest absolute Gasteiger partial charge is 0.489 e. The predicted molar refractivity (Wildman–Crippen MR) is 84.4 cm³/mol. The molecule has 0 saturated heterocycles. The standard InChI is InChI=1S/C16H17NO3S/c1-21-13-4-2-12(3-5-13)20-10-11-8-15-16(9-14(11)17)19-7-6-18-15/h2-5,8-9H,6-7,10,17H2,1H3. The van der Waals surface area contributed by atoms with Gasteiger partial charge in [-0.1, -0.05) is 0 Å². The molecule has 2 aromatic rings. The second-order valence-corrected chi connectivity index (χ2v) is 5.54. The number of benzene rings is 2. The lowest BCUT2D eigenvalue weighted by molar-refractivity contribution is 0.171. The van der Waals surface area contributed by atoms with Crippen molar-refractivity contribution in [2.75, 3.05) is 25.2 Å². The molecule has 0 saturated carbocycles. The summed E-state index contributed by atoms with van der Waals surface area (Å²) in [5.41, 5.74) is 7.58. The summed E-state index contributed by atoms with van der Waals surface area (Å²) >= 11 is 1.70. The Morgan fingerprint density at radius 2 is 1.76 bits per heavy atom. The summed E-state index contributed by atoms with van der Waals surface area (Å²) in [6.45, 7) is 1.53. The molecule has 0 unspecified atom stereocenters. The summed E-state index contributed by atoms with van der Waals surface area (Å²) in [4.78, 5) is 1.21. The van der Waals surface area contributed by atoms with Crippen LogP contribution in [0.2, 0.25) is 0 Å². The fourth-order valence-corrected chi connectivity index (χ4v) is 2.51. The van der Waals surface area contributed by atoms with E-state index in [9.17, 15) is 0 Å². The number of thioether (sulfide) groups is 1. The molecule has 0 atom stereocenters. The van der Waals surface area contributed by atoms with E-state index in [1.165, 1.54) is 4.90 Å². The highest BCUT2D eigenvalue weighted by atomic mass is 32.2. The van der Waals surface area contributed by atoms with E-state index < -0.39 is 0 Å². The Hall–Kier alpha value is -2.01. The number of anilines is 1. The van der Waals surface area contributed by atoms with Gasteiger partial charge in [0.2, 0.25) is 0 Å². The van der Waals surface area contributed by atoms with E-state index in [0.717, 1.165) is 17.1 Å². The van der Waals surface area contributed by atoms with Gasteiger partial charge in [0.15, 0.2) is 11.5 Å². The van der Waals surface area contributed by atoms with Gasteiger partial charge in [0, 0.05) is 22.2 Å². The maximum atomic E-state index is 6.04. The van der Waals surface area contributed by atoms with E-state index in [1.54, 1.807) is 17.8 Å². The summed E-state index contributed by atoms with van der Waals surface area (Å²) in [5.74, 6) is 2.25. The Balaban J connectivity index is 1.72. The molecule has 0 radical (unpaired) electrons. The quantitative estimate of drug-likeness (QED) is 0.693. The highest BCUT2D eigenvalue weighted by Crippen LogP contribution is 2.34. The molecular formula is C16H17NO3S. The highest BCUT2D eigenvalue weighted by molar-refractivity contribution is 7.98. The lowest BCUT2D eigenvalue weighted by Gasteiger charge is -2.20. The lowest BCUT2D eigenvalue weighted by atomic mass is 10.1. The number of hydrogen-bond donors (Lipinski definition) is 1. The molecule has 110 valence electrons. The van der Waals surface area contributed by atoms with Crippen molar-refractivity contribution in [2.24, 2.45) is 0 Å². The normalized spacial score (nSPS) is 13.0. The number of nitrogen functional groups attached to an aromatic ring is 1. The Labute approximate surface area is 128 Å². The van der Waals surface area contributed by atoms with Crippen LogP contribution in [0.4, 0.5) is 5.69 Å². The van der Waals surface area contributed by atoms with Crippen LogP contribution in [0.15, 0.2) is 41.3 Å². The topological polar surface area (TPSA) is 53.7 Å². The van der Waals surface area contributed by atoms with Gasteiger partial charge in [-0.25, -0.2) is 0 Å². The Morgan fingerprint density at radius 1 is 1.10 bits per heavy atom. The summed E-state index contributed by atoms with van der Waals surface area (Å²) in [6.07, 6.45) is 2.05. The molecule has 0 aromatic heterocycles. The molecule has 0 bridgehead atoms. The van der Waals surface area contributed by atoms with E-state index >= 15 is 0 Å². The van der Waals surface area contributed by atoms with Crippen LogP contribution in [-0.4, -0.2) is 19.5 Å². The van der Waals surface area contributed by atoms with E-state index in [-0.39, 0.29) is 0 Å². The second-order valence-electron chi connectivity index (χ2n) is 4.66. The average Bonchev–Trinajstić information content (AvgIpc) is 2.53. The molecule has 2 aromatic carbocycles. The third-order valence-electron chi connectivity index (χ3n) is 3.26. The van der Waals surface area contributed by atoms with Gasteiger partial charge in [0.25, 0.3) is 0 Å². The first-order valence-corrected chi connectivity index (χ1v) is 7.93. The van der Waals surface area contributed by atoms with Crippen molar-refractivity contribution in [1.29, 1.82) is 0 Å². The average molecular weight is 303 g/mol. The Morgan fingerprint density at radius 3 is 2.43 bits per heavy atom. The van der Waals surface area contributed by atoms with Crippen LogP contribution in [0.3, 0.4) is 0 Å². The summed E-state index contributed by atoms with van der Waals surface area (Å²) in [6, 6.07) is 11.7. The fraction of sp³-hybridized carbons (Fsp3) is 0.250. The lowest BCUT2D eigenvalue weighted by Crippen LogP contribution is -2.16. The van der Waals surface area contributed by atoms with Crippen molar-refractivity contribution in [2.45, 2.75) is 11.5 Å². The first-order valence-electron chi connectivity index (χ1n) is 6.71. The first kappa shape index (κ1) is 13.9. The maximum Gasteiger partial charge on any atom is 0.163 e. The second kappa shape index (κ2) is 6.18. The van der Waals surface area contributed by atoms with Crippen LogP contribution in [-0.2, 0) is 6.61 Å². The molecule has 0 spiro atoms. The predicted octanol–water partition coefficient (Wildman–Crippen LogP) is 3.34. The van der Waals surface area contributed by atoms with Gasteiger partial charge in [-0.2, -0.15) is 0 Å². The Bertz CT molecular complexity index is 628. The highest BCUT2D eigenvalue weighted by Gasteiger charge is 2.14. The van der Waals surface area contributed by atoms with Gasteiger partial charge in [0.05, 0.1) is 0 Å². The van der Waals surface area contributed by atoms with Crippen molar-refractivity contribution in [1.82, 2.24) is 0 Å². The van der Waals surface area contributed by atoms with Crippen LogP contribution in [0.1, 0.15) is 5.56 Å². The third-order valence-corrected chi connectivity index (χ3v) is 4.00. The molecule has 0 amide bonds. The molecular weight excluding hydrogens is 286 g/mol. The van der Waals surface area contributed by atoms with Crippen molar-refractivity contribution in [3.63, 3.8) is 0 Å². The smallest absolute Gasteiger partial charge is 0.163 e. The van der Waals surface area contributed by atoms with Crippen molar-refractivity contribution < 1.29 is 14.2 Å². The summed E-state index contributed by atoms with van der Waals surface area (Å²) < 4.78 is 16.8. The SMILES string of the molecule is CSc1ccc(OCc2cc3c(cc2N)OCCO3)cc1. The van der Waals surface area contributed by atoms with Gasteiger partial charge < -0.3 is 19.9 Å². The van der Waals surface area contributed by atoms with Crippen LogP contribution >= 0.6 is 11.8 Å². The fourth-order valence-electron chi connectivity index (χ4n) is 2.10. The first-order chi connectivity index (χ1) is 10.3. The van der Waals surface area contributed by atoms with E-state index in [4.69, 9.17) is 19.9 Å². The number of fused-ring (bicyclic) bond motifs is 1. The molecule has 0 fully saturated rings. The maximum absolute atomic E-state index is 6.04. The number of hydrogen-bond acceptors (Lipinski definition) is 5. The molecule has 1 heterocycles. The molecule has 3 rings (SSSR count). The van der Waals surface area contributed by atoms with Crippen molar-refractivity contribution in [3.8, 4) is 17.2 Å². The minimum Gasteiger partial charge on any atom is -0.489 e. The monoisotopic (exact) mass is 303 g/mol. The van der Waals surface area contributed by atoms with Crippen LogP contribution in [0.5, 0.6) is 17.2 Å². The number of nitrogens with two attached hydrogens (primary N) is 1. The molecule has 1 aliphatic rings. The van der Waals surface area contributed by atoms with Gasteiger partial charge in [-0.05, 0) is 36.6 Å². The van der Waals surface area contributed by atoms with E-state index in [1.807, 2.05) is 36.6 Å². The van der Waals surface area contributed by atoms with Crippen LogP contribution in [0.25, 0.3) is 0 Å². The molecule has 21 heavy (non-hydrogen) atoms. The number of rotatable bonds is 4. The van der Waals surface area contributed by atoms with E-state index in [0.29, 0.717) is 31.3 Å². The zero-order chi connectivity index (χ0) is 14.7. The zero-order valence-electron chi connectivity index (χ0n) is 11.8. The third kappa shape index (κ3) is 3.19. The molecule has 5 heteroatoms. The minimum absolute atomic E-state index is 0.404. The number of ether oxygens (including phenoxy) is 3. The molecule has 0 aliphatic carbocycles. The van der Waals surface area contributed by atoms with Gasteiger partial charge in [0.1, 0.15) is 25.6 Å². The van der Waals surface area contributed by atoms with Gasteiger partial charge in [-0.3, -0.25) is 0 Å². The summed E-state index contributed by atoms with van der Waals surface area (Å²) in [5, 5.41) is 0. The van der Waals surface area contributed by atoms with E-state index in [2.05, 4.69) is 0 Å². The van der Waals surface area contributed by atoms with Gasteiger partial charge >= 0.3 is 0 Å². The molecule has 2 N–H and O–H groups in total. The van der Waals surface area contributed by atoms with Crippen LogP contribution < -0.4 is 19.9 Å². The van der Waals surface area contributed by atoms with Crippen LogP contribution in [0, 0.1) is 0 Å². The zero-order valence-corrected chi connectivity index (χ0v) is 12.6. The van der Waals surface area contributed by atoms with Crippen molar-refractivity contribution in [3.05, 3.63) is 42.0 Å². The van der Waals surface area contributed by atoms with Crippen molar-refractivity contribution >= 4 is 17.4 Å². The Kier molecular flexibility index (Phi) is 4.10.